The molecule has 1 radical (unpaired) electrons. The second-order valence-electron chi connectivity index (χ2n) is 9.19. The summed E-state index contributed by atoms with van der Waals surface area (Å²) in [6.45, 7) is 11.6. The van der Waals surface area contributed by atoms with Crippen LogP contribution in [-0.4, -0.2) is 4.98 Å². The fourth-order valence-corrected chi connectivity index (χ4v) is 4.26. The third kappa shape index (κ3) is 3.73. The molecule has 0 unspecified atom stereocenters. The van der Waals surface area contributed by atoms with Gasteiger partial charge in [0.15, 0.2) is 0 Å². The molecule has 1 aromatic heterocycles. The van der Waals surface area contributed by atoms with Crippen molar-refractivity contribution in [2.75, 3.05) is 0 Å². The molecule has 147 valence electrons. The van der Waals surface area contributed by atoms with Crippen LogP contribution >= 0.6 is 0 Å². The van der Waals surface area contributed by atoms with Crippen molar-refractivity contribution in [2.24, 2.45) is 0 Å². The Morgan fingerprint density at radius 2 is 1.57 bits per heavy atom. The maximum absolute atomic E-state index is 4.77. The van der Waals surface area contributed by atoms with Gasteiger partial charge in [0.1, 0.15) is 0 Å². The Balaban J connectivity index is 0.00000225. The zero-order valence-electron chi connectivity index (χ0n) is 17.4. The van der Waals surface area contributed by atoms with Gasteiger partial charge >= 0.3 is 0 Å². The molecule has 0 aliphatic heterocycles. The van der Waals surface area contributed by atoms with Gasteiger partial charge in [0.05, 0.1) is 0 Å². The molecule has 3 aromatic rings. The molecule has 0 saturated carbocycles. The summed E-state index contributed by atoms with van der Waals surface area (Å²) in [5, 5.41) is 0. The first kappa shape index (κ1) is 21.0. The van der Waals surface area contributed by atoms with E-state index in [4.69, 9.17) is 4.98 Å². The van der Waals surface area contributed by atoms with E-state index >= 15 is 0 Å². The van der Waals surface area contributed by atoms with Crippen molar-refractivity contribution < 1.29 is 20.1 Å². The molecule has 0 N–H and O–H groups in total. The molecule has 4 rings (SSSR count). The van der Waals surface area contributed by atoms with Crippen LogP contribution in [-0.2, 0) is 30.9 Å². The molecule has 0 bridgehead atoms. The van der Waals surface area contributed by atoms with E-state index in [1.165, 1.54) is 35.1 Å². The Morgan fingerprint density at radius 1 is 0.893 bits per heavy atom. The average Bonchev–Trinajstić information content (AvgIpc) is 2.66. The van der Waals surface area contributed by atoms with Gasteiger partial charge < -0.3 is 4.98 Å². The van der Waals surface area contributed by atoms with Crippen molar-refractivity contribution in [3.8, 4) is 22.4 Å². The molecule has 0 atom stereocenters. The molecule has 1 aliphatic carbocycles. The van der Waals surface area contributed by atoms with Crippen LogP contribution in [0.1, 0.15) is 57.2 Å². The molecule has 0 amide bonds. The van der Waals surface area contributed by atoms with E-state index in [2.05, 4.69) is 89.2 Å². The summed E-state index contributed by atoms with van der Waals surface area (Å²) in [7, 11) is 0. The van der Waals surface area contributed by atoms with Gasteiger partial charge in [-0.25, -0.2) is 0 Å². The van der Waals surface area contributed by atoms with E-state index in [0.717, 1.165) is 16.8 Å². The summed E-state index contributed by atoms with van der Waals surface area (Å²) in [5.41, 5.74) is 9.10. The minimum atomic E-state index is 0. The van der Waals surface area contributed by atoms with Crippen LogP contribution in [0, 0.1) is 13.0 Å². The minimum Gasteiger partial charge on any atom is -0.304 e. The van der Waals surface area contributed by atoms with Crippen LogP contribution in [0.25, 0.3) is 22.4 Å². The first-order chi connectivity index (χ1) is 12.8. The molecule has 0 fully saturated rings. The zero-order valence-corrected chi connectivity index (χ0v) is 19.8. The Labute approximate surface area is 183 Å². The van der Waals surface area contributed by atoms with Crippen LogP contribution in [0.15, 0.2) is 54.7 Å². The summed E-state index contributed by atoms with van der Waals surface area (Å²) < 4.78 is 0. The van der Waals surface area contributed by atoms with Gasteiger partial charge in [-0.3, -0.25) is 0 Å². The van der Waals surface area contributed by atoms with Crippen molar-refractivity contribution in [3.05, 3.63) is 77.5 Å². The van der Waals surface area contributed by atoms with Crippen LogP contribution in [0.3, 0.4) is 0 Å². The van der Waals surface area contributed by atoms with Crippen LogP contribution in [0.4, 0.5) is 0 Å². The van der Waals surface area contributed by atoms with Crippen LogP contribution in [0.2, 0.25) is 0 Å². The summed E-state index contributed by atoms with van der Waals surface area (Å²) in [5.74, 6) is 0. The largest absolute Gasteiger partial charge is 0.304 e. The van der Waals surface area contributed by atoms with Gasteiger partial charge in [0.25, 0.3) is 0 Å². The molecule has 2 heteroatoms. The number of fused-ring (bicyclic) bond motifs is 1. The molecule has 0 saturated heterocycles. The Hall–Kier alpha value is -1.76. The molecular formula is C26H28IrN-. The monoisotopic (exact) mass is 547 g/mol. The Kier molecular flexibility index (Phi) is 5.67. The van der Waals surface area contributed by atoms with Crippen molar-refractivity contribution in [3.63, 3.8) is 0 Å². The van der Waals surface area contributed by atoms with E-state index in [-0.39, 0.29) is 30.9 Å². The van der Waals surface area contributed by atoms with Crippen molar-refractivity contribution in [1.82, 2.24) is 4.98 Å². The summed E-state index contributed by atoms with van der Waals surface area (Å²) >= 11 is 0. The third-order valence-electron chi connectivity index (χ3n) is 6.28. The van der Waals surface area contributed by atoms with Gasteiger partial charge in [-0.2, -0.15) is 0 Å². The molecule has 2 aromatic carbocycles. The molecule has 1 aliphatic rings. The summed E-state index contributed by atoms with van der Waals surface area (Å²) in [6, 6.07) is 20.8. The number of aromatic nitrogens is 1. The number of hydrogen-bond donors (Lipinski definition) is 0. The van der Waals surface area contributed by atoms with Crippen molar-refractivity contribution in [2.45, 2.75) is 58.3 Å². The number of rotatable bonds is 2. The fraction of sp³-hybridized carbons (Fsp3) is 0.346. The number of aryl methyl sites for hydroxylation is 1. The normalized spacial score (nSPS) is 16.8. The summed E-state index contributed by atoms with van der Waals surface area (Å²) in [6.07, 6.45) is 4.43. The molecular weight excluding hydrogens is 519 g/mol. The van der Waals surface area contributed by atoms with Crippen LogP contribution < -0.4 is 0 Å². The first-order valence-electron chi connectivity index (χ1n) is 9.87. The van der Waals surface area contributed by atoms with Gasteiger partial charge in [0, 0.05) is 26.3 Å². The number of nitrogens with zero attached hydrogens (tertiary/aromatic N) is 1. The standard InChI is InChI=1S/C26H28N.Ir/c1-18-8-6-7-9-21(18)20-11-13-24(27-17-20)19-10-12-22-23(16-19)26(4,5)15-14-25(22,2)3;/h6-9,11-13,16-17H,14-15H2,1-5H3;/q-1;. The smallest absolute Gasteiger partial charge is 0.0239 e. The van der Waals surface area contributed by atoms with Gasteiger partial charge in [-0.15, -0.1) is 34.9 Å². The maximum atomic E-state index is 4.77. The molecule has 1 nitrogen and oxygen atoms in total. The number of pyridine rings is 1. The SMILES string of the molecule is Cc1ccccc1-c1ccc(-c2[c-]cc3c(c2)C(C)(C)CCC3(C)C)nc1.[Ir]. The predicted octanol–water partition coefficient (Wildman–Crippen LogP) is 6.87. The van der Waals surface area contributed by atoms with E-state index in [9.17, 15) is 0 Å². The topological polar surface area (TPSA) is 12.9 Å². The zero-order chi connectivity index (χ0) is 19.2. The Bertz CT molecular complexity index is 984. The maximum Gasteiger partial charge on any atom is 0.0239 e. The summed E-state index contributed by atoms with van der Waals surface area (Å²) in [4.78, 5) is 4.77. The van der Waals surface area contributed by atoms with Gasteiger partial charge in [-0.05, 0) is 46.6 Å². The minimum absolute atomic E-state index is 0. The van der Waals surface area contributed by atoms with Gasteiger partial charge in [-0.1, -0.05) is 70.5 Å². The molecule has 0 spiro atoms. The molecule has 28 heavy (non-hydrogen) atoms. The number of benzene rings is 2. The third-order valence-corrected chi connectivity index (χ3v) is 6.28. The molecule has 1 heterocycles. The first-order valence-corrected chi connectivity index (χ1v) is 9.87. The van der Waals surface area contributed by atoms with Crippen molar-refractivity contribution in [1.29, 1.82) is 0 Å². The average molecular weight is 547 g/mol. The van der Waals surface area contributed by atoms with E-state index in [1.807, 2.05) is 6.20 Å². The van der Waals surface area contributed by atoms with Gasteiger partial charge in [0.2, 0.25) is 0 Å². The van der Waals surface area contributed by atoms with E-state index in [1.54, 1.807) is 0 Å². The second-order valence-corrected chi connectivity index (χ2v) is 9.19. The number of hydrogen-bond acceptors (Lipinski definition) is 1. The Morgan fingerprint density at radius 3 is 2.21 bits per heavy atom. The van der Waals surface area contributed by atoms with E-state index in [0.29, 0.717) is 0 Å². The quantitative estimate of drug-likeness (QED) is 0.320. The predicted molar refractivity (Wildman–Crippen MR) is 114 cm³/mol. The van der Waals surface area contributed by atoms with E-state index < -0.39 is 0 Å². The van der Waals surface area contributed by atoms with Crippen LogP contribution in [0.5, 0.6) is 0 Å². The second kappa shape index (κ2) is 7.58. The van der Waals surface area contributed by atoms with Crippen molar-refractivity contribution >= 4 is 0 Å². The fourth-order valence-electron chi connectivity index (χ4n) is 4.26.